The number of nitrogens with zero attached hydrogens (tertiary/aromatic N) is 4. The molecule has 0 atom stereocenters. The van der Waals surface area contributed by atoms with Crippen LogP contribution in [0.5, 0.6) is 0 Å². The quantitative estimate of drug-likeness (QED) is 0.175. The minimum absolute atomic E-state index is 0.146. The van der Waals surface area contributed by atoms with Crippen LogP contribution in [0.25, 0.3) is 106 Å². The van der Waals surface area contributed by atoms with E-state index in [0.29, 0.717) is 17.5 Å². The summed E-state index contributed by atoms with van der Waals surface area (Å²) in [5.74, 6) is 1.80. The van der Waals surface area contributed by atoms with Gasteiger partial charge < -0.3 is 8.98 Å². The van der Waals surface area contributed by atoms with Crippen molar-refractivity contribution >= 4 is 43.7 Å². The number of hydrogen-bond acceptors (Lipinski definition) is 4. The molecule has 0 unspecified atom stereocenters. The zero-order chi connectivity index (χ0) is 39.2. The summed E-state index contributed by atoms with van der Waals surface area (Å²) in [5, 5.41) is 4.70. The molecule has 5 heteroatoms. The Morgan fingerprint density at radius 1 is 0.424 bits per heavy atom. The van der Waals surface area contributed by atoms with Crippen molar-refractivity contribution in [2.45, 2.75) is 19.3 Å². The highest BCUT2D eigenvalue weighted by Crippen LogP contribution is 2.53. The molecule has 0 amide bonds. The van der Waals surface area contributed by atoms with Crippen LogP contribution < -0.4 is 0 Å². The lowest BCUT2D eigenvalue weighted by atomic mass is 9.80. The number of furan rings is 1. The molecule has 0 bridgehead atoms. The standard InChI is InChI=1S/C54H36N4O/c1-54(2)43-24-11-9-21-39(43)40-29-30-45-49(50(40)54)41-22-10-12-25-44(41)58(45)37-20-13-19-35(31-37)52-55-51(34-17-7-4-8-18-34)56-53(57-52)36-27-28-42-47(32-36)59-46-26-14-23-38(48(42)46)33-15-5-3-6-16-33/h3-32H,1-2H3. The number of fused-ring (bicyclic) bond motifs is 10. The van der Waals surface area contributed by atoms with Gasteiger partial charge in [0.15, 0.2) is 17.5 Å². The average Bonchev–Trinajstić information content (AvgIpc) is 3.92. The first kappa shape index (κ1) is 33.5. The van der Waals surface area contributed by atoms with Crippen LogP contribution in [0.15, 0.2) is 186 Å². The zero-order valence-electron chi connectivity index (χ0n) is 32.5. The predicted octanol–water partition coefficient (Wildman–Crippen LogP) is 13.8. The summed E-state index contributed by atoms with van der Waals surface area (Å²) in [5.41, 5.74) is 15.3. The van der Waals surface area contributed by atoms with E-state index < -0.39 is 0 Å². The maximum absolute atomic E-state index is 6.52. The Bertz CT molecular complexity index is 3470. The van der Waals surface area contributed by atoms with Crippen LogP contribution in [-0.2, 0) is 5.41 Å². The topological polar surface area (TPSA) is 56.7 Å². The summed E-state index contributed by atoms with van der Waals surface area (Å²) in [4.78, 5) is 15.4. The van der Waals surface area contributed by atoms with Crippen molar-refractivity contribution in [3.63, 3.8) is 0 Å². The average molecular weight is 757 g/mol. The Labute approximate surface area is 340 Å². The van der Waals surface area contributed by atoms with Gasteiger partial charge in [-0.15, -0.1) is 0 Å². The minimum atomic E-state index is -0.146. The lowest BCUT2D eigenvalue weighted by Gasteiger charge is -2.22. The SMILES string of the molecule is CC1(C)c2ccccc2-c2ccc3c(c21)c1ccccc1n3-c1cccc(-c2nc(-c3ccccc3)nc(-c3ccc4c(c3)oc3cccc(-c5ccccc5)c34)n2)c1. The molecule has 0 saturated carbocycles. The van der Waals surface area contributed by atoms with Crippen molar-refractivity contribution in [2.75, 3.05) is 0 Å². The van der Waals surface area contributed by atoms with Crippen LogP contribution in [0.4, 0.5) is 0 Å². The summed E-state index contributed by atoms with van der Waals surface area (Å²) >= 11 is 0. The summed E-state index contributed by atoms with van der Waals surface area (Å²) in [7, 11) is 0. The van der Waals surface area contributed by atoms with Crippen LogP contribution >= 0.6 is 0 Å². The molecule has 0 radical (unpaired) electrons. The van der Waals surface area contributed by atoms with E-state index in [0.717, 1.165) is 61.0 Å². The second kappa shape index (κ2) is 12.7. The van der Waals surface area contributed by atoms with Gasteiger partial charge in [-0.2, -0.15) is 0 Å². The molecule has 1 aliphatic rings. The van der Waals surface area contributed by atoms with Gasteiger partial charge in [-0.1, -0.05) is 153 Å². The van der Waals surface area contributed by atoms with Gasteiger partial charge in [-0.05, 0) is 75.8 Å². The first-order chi connectivity index (χ1) is 29.0. The monoisotopic (exact) mass is 756 g/mol. The third-order valence-corrected chi connectivity index (χ3v) is 12.2. The van der Waals surface area contributed by atoms with E-state index in [-0.39, 0.29) is 5.41 Å². The molecule has 3 heterocycles. The molecular formula is C54H36N4O. The van der Waals surface area contributed by atoms with Gasteiger partial charge in [0.25, 0.3) is 0 Å². The van der Waals surface area contributed by atoms with Crippen LogP contribution in [0.3, 0.4) is 0 Å². The number of para-hydroxylation sites is 1. The molecule has 0 aliphatic heterocycles. The van der Waals surface area contributed by atoms with E-state index >= 15 is 0 Å². The number of benzene rings is 8. The van der Waals surface area contributed by atoms with Gasteiger partial charge in [0.2, 0.25) is 0 Å². The van der Waals surface area contributed by atoms with Gasteiger partial charge in [0, 0.05) is 49.3 Å². The van der Waals surface area contributed by atoms with E-state index in [2.05, 4.69) is 158 Å². The minimum Gasteiger partial charge on any atom is -0.456 e. The highest BCUT2D eigenvalue weighted by Gasteiger charge is 2.38. The summed E-state index contributed by atoms with van der Waals surface area (Å²) in [6, 6.07) is 64.0. The van der Waals surface area contributed by atoms with Crippen molar-refractivity contribution in [1.29, 1.82) is 0 Å². The first-order valence-electron chi connectivity index (χ1n) is 20.1. The lowest BCUT2D eigenvalue weighted by molar-refractivity contribution is 0.666. The third kappa shape index (κ3) is 5.08. The molecule has 0 spiro atoms. The molecule has 5 nitrogen and oxygen atoms in total. The van der Waals surface area contributed by atoms with Crippen LogP contribution in [0.2, 0.25) is 0 Å². The third-order valence-electron chi connectivity index (χ3n) is 12.2. The molecule has 59 heavy (non-hydrogen) atoms. The summed E-state index contributed by atoms with van der Waals surface area (Å²) < 4.78 is 8.91. The summed E-state index contributed by atoms with van der Waals surface area (Å²) in [6.45, 7) is 4.72. The van der Waals surface area contributed by atoms with Gasteiger partial charge in [0.05, 0.1) is 11.0 Å². The molecule has 0 saturated heterocycles. The maximum Gasteiger partial charge on any atom is 0.164 e. The fraction of sp³-hybridized carbons (Fsp3) is 0.0556. The van der Waals surface area contributed by atoms with Gasteiger partial charge in [-0.3, -0.25) is 0 Å². The van der Waals surface area contributed by atoms with Crippen LogP contribution in [-0.4, -0.2) is 19.5 Å². The van der Waals surface area contributed by atoms with E-state index in [4.69, 9.17) is 19.4 Å². The Balaban J connectivity index is 1.03. The molecule has 1 aliphatic carbocycles. The van der Waals surface area contributed by atoms with Crippen molar-refractivity contribution < 1.29 is 4.42 Å². The van der Waals surface area contributed by atoms with E-state index in [1.807, 2.05) is 42.5 Å². The van der Waals surface area contributed by atoms with E-state index in [9.17, 15) is 0 Å². The van der Waals surface area contributed by atoms with Crippen molar-refractivity contribution in [2.24, 2.45) is 0 Å². The first-order valence-corrected chi connectivity index (χ1v) is 20.1. The van der Waals surface area contributed by atoms with Crippen molar-refractivity contribution in [3.05, 3.63) is 193 Å². The number of rotatable bonds is 5. The molecule has 3 aromatic heterocycles. The maximum atomic E-state index is 6.52. The van der Waals surface area contributed by atoms with Crippen molar-refractivity contribution in [1.82, 2.24) is 19.5 Å². The fourth-order valence-corrected chi connectivity index (χ4v) is 9.57. The number of hydrogen-bond donors (Lipinski definition) is 0. The Morgan fingerprint density at radius 3 is 1.88 bits per heavy atom. The fourth-order valence-electron chi connectivity index (χ4n) is 9.57. The highest BCUT2D eigenvalue weighted by atomic mass is 16.3. The Hall–Kier alpha value is -7.63. The predicted molar refractivity (Wildman–Crippen MR) is 241 cm³/mol. The van der Waals surface area contributed by atoms with Crippen molar-refractivity contribution in [3.8, 4) is 62.1 Å². The molecule has 278 valence electrons. The smallest absolute Gasteiger partial charge is 0.164 e. The lowest BCUT2D eigenvalue weighted by Crippen LogP contribution is -2.15. The molecule has 0 N–H and O–H groups in total. The second-order valence-corrected chi connectivity index (χ2v) is 16.0. The van der Waals surface area contributed by atoms with Gasteiger partial charge >= 0.3 is 0 Å². The normalized spacial score (nSPS) is 13.1. The molecule has 8 aromatic carbocycles. The molecule has 12 rings (SSSR count). The molecular weight excluding hydrogens is 721 g/mol. The van der Waals surface area contributed by atoms with Gasteiger partial charge in [-0.25, -0.2) is 15.0 Å². The van der Waals surface area contributed by atoms with Gasteiger partial charge in [0.1, 0.15) is 11.2 Å². The Kier molecular flexibility index (Phi) is 7.20. The summed E-state index contributed by atoms with van der Waals surface area (Å²) in [6.07, 6.45) is 0. The second-order valence-electron chi connectivity index (χ2n) is 16.0. The zero-order valence-corrected chi connectivity index (χ0v) is 32.5. The van der Waals surface area contributed by atoms with Crippen LogP contribution in [0.1, 0.15) is 25.0 Å². The molecule has 0 fully saturated rings. The number of aromatic nitrogens is 4. The van der Waals surface area contributed by atoms with E-state index in [1.165, 1.54) is 38.5 Å². The highest BCUT2D eigenvalue weighted by molar-refractivity contribution is 6.15. The Morgan fingerprint density at radius 2 is 1.07 bits per heavy atom. The molecule has 11 aromatic rings. The van der Waals surface area contributed by atoms with E-state index in [1.54, 1.807) is 0 Å². The largest absolute Gasteiger partial charge is 0.456 e. The van der Waals surface area contributed by atoms with Crippen LogP contribution in [0, 0.1) is 0 Å².